The number of carbonyl (C=O) groups excluding carboxylic acids is 2. The van der Waals surface area contributed by atoms with E-state index < -0.39 is 17.5 Å². The Morgan fingerprint density at radius 2 is 1.84 bits per heavy atom. The van der Waals surface area contributed by atoms with Gasteiger partial charge in [0.05, 0.1) is 10.5 Å². The molecule has 0 amide bonds. The first kappa shape index (κ1) is 16.6. The van der Waals surface area contributed by atoms with Crippen LogP contribution in [0.15, 0.2) is 48.5 Å². The minimum atomic E-state index is -0.773. The number of anilines is 1. The molecule has 0 atom stereocenters. The zero-order chi connectivity index (χ0) is 17.8. The predicted molar refractivity (Wildman–Crippen MR) is 90.8 cm³/mol. The fourth-order valence-corrected chi connectivity index (χ4v) is 2.30. The van der Waals surface area contributed by atoms with Gasteiger partial charge in [-0.05, 0) is 25.0 Å². The van der Waals surface area contributed by atoms with Crippen molar-refractivity contribution in [3.8, 4) is 0 Å². The van der Waals surface area contributed by atoms with Crippen molar-refractivity contribution in [1.82, 2.24) is 0 Å². The number of nitrogens with one attached hydrogen (secondary N) is 1. The molecule has 0 unspecified atom stereocenters. The SMILES string of the molecule is O=C(COC(=O)c1ccc(NC2CC2)c([N+](=O)[O-])c1)c1ccccc1. The number of esters is 1. The maximum atomic E-state index is 12.1. The van der Waals surface area contributed by atoms with Crippen molar-refractivity contribution in [1.29, 1.82) is 0 Å². The second-order valence-corrected chi connectivity index (χ2v) is 5.77. The van der Waals surface area contributed by atoms with Crippen molar-refractivity contribution in [2.24, 2.45) is 0 Å². The van der Waals surface area contributed by atoms with E-state index in [1.807, 2.05) is 0 Å². The van der Waals surface area contributed by atoms with Gasteiger partial charge in [-0.15, -0.1) is 0 Å². The summed E-state index contributed by atoms with van der Waals surface area (Å²) in [6, 6.07) is 12.8. The Morgan fingerprint density at radius 1 is 1.12 bits per heavy atom. The Bertz CT molecular complexity index is 815. The number of nitrogens with zero attached hydrogens (tertiary/aromatic N) is 1. The summed E-state index contributed by atoms with van der Waals surface area (Å²) in [7, 11) is 0. The highest BCUT2D eigenvalue weighted by Crippen LogP contribution is 2.31. The smallest absolute Gasteiger partial charge is 0.338 e. The van der Waals surface area contributed by atoms with Crippen molar-refractivity contribution in [3.63, 3.8) is 0 Å². The lowest BCUT2D eigenvalue weighted by atomic mass is 10.1. The highest BCUT2D eigenvalue weighted by atomic mass is 16.6. The molecular formula is C18H16N2O5. The van der Waals surface area contributed by atoms with Crippen LogP contribution in [-0.4, -0.2) is 29.3 Å². The van der Waals surface area contributed by atoms with E-state index in [2.05, 4.69) is 5.32 Å². The third-order valence-corrected chi connectivity index (χ3v) is 3.80. The molecule has 1 N–H and O–H groups in total. The topological polar surface area (TPSA) is 98.5 Å². The Kier molecular flexibility index (Phi) is 4.74. The third-order valence-electron chi connectivity index (χ3n) is 3.80. The van der Waals surface area contributed by atoms with Gasteiger partial charge >= 0.3 is 5.97 Å². The van der Waals surface area contributed by atoms with E-state index in [-0.39, 0.29) is 23.1 Å². The Morgan fingerprint density at radius 3 is 2.48 bits per heavy atom. The van der Waals surface area contributed by atoms with Gasteiger partial charge in [-0.1, -0.05) is 30.3 Å². The van der Waals surface area contributed by atoms with E-state index in [0.29, 0.717) is 11.3 Å². The number of ketones is 1. The second kappa shape index (κ2) is 7.12. The van der Waals surface area contributed by atoms with Crippen LogP contribution in [0.4, 0.5) is 11.4 Å². The summed E-state index contributed by atoms with van der Waals surface area (Å²) < 4.78 is 4.98. The van der Waals surface area contributed by atoms with E-state index in [0.717, 1.165) is 12.8 Å². The number of nitro groups is 1. The molecule has 0 spiro atoms. The standard InChI is InChI=1S/C18H16N2O5/c21-17(12-4-2-1-3-5-12)11-25-18(22)13-6-9-15(19-14-7-8-14)16(10-13)20(23)24/h1-6,9-10,14,19H,7-8,11H2. The van der Waals surface area contributed by atoms with Gasteiger partial charge in [-0.3, -0.25) is 14.9 Å². The maximum absolute atomic E-state index is 12.1. The molecule has 2 aromatic carbocycles. The Labute approximate surface area is 143 Å². The van der Waals surface area contributed by atoms with Crippen LogP contribution in [0, 0.1) is 10.1 Å². The number of carbonyl (C=O) groups is 2. The number of nitro benzene ring substituents is 1. The first-order valence-corrected chi connectivity index (χ1v) is 7.85. The molecule has 128 valence electrons. The van der Waals surface area contributed by atoms with E-state index >= 15 is 0 Å². The van der Waals surface area contributed by atoms with Gasteiger partial charge in [0.1, 0.15) is 5.69 Å². The van der Waals surface area contributed by atoms with Gasteiger partial charge in [0.15, 0.2) is 12.4 Å². The quantitative estimate of drug-likeness (QED) is 0.360. The Balaban J connectivity index is 1.68. The zero-order valence-corrected chi connectivity index (χ0v) is 13.3. The summed E-state index contributed by atoms with van der Waals surface area (Å²) in [5, 5.41) is 14.3. The van der Waals surface area contributed by atoms with Crippen LogP contribution in [0.2, 0.25) is 0 Å². The molecule has 1 fully saturated rings. The summed E-state index contributed by atoms with van der Waals surface area (Å²) >= 11 is 0. The molecule has 0 aliphatic heterocycles. The van der Waals surface area contributed by atoms with Crippen LogP contribution in [0.5, 0.6) is 0 Å². The Hall–Kier alpha value is -3.22. The first-order chi connectivity index (χ1) is 12.0. The molecular weight excluding hydrogens is 324 g/mol. The van der Waals surface area contributed by atoms with Crippen LogP contribution in [-0.2, 0) is 4.74 Å². The lowest BCUT2D eigenvalue weighted by Crippen LogP contribution is -2.14. The van der Waals surface area contributed by atoms with Gasteiger partial charge in [-0.2, -0.15) is 0 Å². The second-order valence-electron chi connectivity index (χ2n) is 5.77. The van der Waals surface area contributed by atoms with Crippen molar-refractivity contribution >= 4 is 23.1 Å². The number of ether oxygens (including phenoxy) is 1. The molecule has 1 saturated carbocycles. The molecule has 0 heterocycles. The lowest BCUT2D eigenvalue weighted by Gasteiger charge is -2.08. The number of Topliss-reactive ketones (excluding diaryl/α,β-unsaturated/α-hetero) is 1. The van der Waals surface area contributed by atoms with E-state index in [1.165, 1.54) is 18.2 Å². The minimum Gasteiger partial charge on any atom is -0.454 e. The van der Waals surface area contributed by atoms with Gasteiger partial charge in [0.25, 0.3) is 5.69 Å². The summed E-state index contributed by atoms with van der Waals surface area (Å²) in [6.45, 7) is -0.418. The minimum absolute atomic E-state index is 0.0360. The fraction of sp³-hybridized carbons (Fsp3) is 0.222. The van der Waals surface area contributed by atoms with Gasteiger partial charge in [-0.25, -0.2) is 4.79 Å². The van der Waals surface area contributed by atoms with Crippen LogP contribution < -0.4 is 5.32 Å². The van der Waals surface area contributed by atoms with E-state index in [9.17, 15) is 19.7 Å². The molecule has 7 heteroatoms. The van der Waals surface area contributed by atoms with Crippen molar-refractivity contribution < 1.29 is 19.2 Å². The first-order valence-electron chi connectivity index (χ1n) is 7.85. The predicted octanol–water partition coefficient (Wildman–Crippen LogP) is 3.21. The van der Waals surface area contributed by atoms with E-state index in [4.69, 9.17) is 4.74 Å². The molecule has 7 nitrogen and oxygen atoms in total. The van der Waals surface area contributed by atoms with Gasteiger partial charge in [0, 0.05) is 17.7 Å². The van der Waals surface area contributed by atoms with Gasteiger partial charge in [0.2, 0.25) is 0 Å². The highest BCUT2D eigenvalue weighted by Gasteiger charge is 2.26. The van der Waals surface area contributed by atoms with Gasteiger partial charge < -0.3 is 10.1 Å². The monoisotopic (exact) mass is 340 g/mol. The molecule has 1 aliphatic carbocycles. The molecule has 0 radical (unpaired) electrons. The molecule has 3 rings (SSSR count). The van der Waals surface area contributed by atoms with Crippen molar-refractivity contribution in [2.75, 3.05) is 11.9 Å². The third kappa shape index (κ3) is 4.20. The normalized spacial score (nSPS) is 13.1. The number of hydrogen-bond donors (Lipinski definition) is 1. The zero-order valence-electron chi connectivity index (χ0n) is 13.3. The lowest BCUT2D eigenvalue weighted by molar-refractivity contribution is -0.384. The molecule has 0 saturated heterocycles. The highest BCUT2D eigenvalue weighted by molar-refractivity contribution is 5.99. The summed E-state index contributed by atoms with van der Waals surface area (Å²) in [6.07, 6.45) is 1.95. The van der Waals surface area contributed by atoms with E-state index in [1.54, 1.807) is 30.3 Å². The number of hydrogen-bond acceptors (Lipinski definition) is 6. The molecule has 25 heavy (non-hydrogen) atoms. The summed E-state index contributed by atoms with van der Waals surface area (Å²) in [5.74, 6) is -1.11. The molecule has 1 aliphatic rings. The largest absolute Gasteiger partial charge is 0.454 e. The van der Waals surface area contributed by atoms with Crippen LogP contribution in [0.3, 0.4) is 0 Å². The molecule has 0 bridgehead atoms. The number of rotatable bonds is 7. The average molecular weight is 340 g/mol. The van der Waals surface area contributed by atoms with Crippen molar-refractivity contribution in [3.05, 3.63) is 69.8 Å². The van der Waals surface area contributed by atoms with Crippen LogP contribution in [0.25, 0.3) is 0 Å². The van der Waals surface area contributed by atoms with Crippen molar-refractivity contribution in [2.45, 2.75) is 18.9 Å². The summed E-state index contributed by atoms with van der Waals surface area (Å²) in [5.41, 5.74) is 0.666. The summed E-state index contributed by atoms with van der Waals surface area (Å²) in [4.78, 5) is 34.7. The van der Waals surface area contributed by atoms with Crippen LogP contribution in [0.1, 0.15) is 33.6 Å². The maximum Gasteiger partial charge on any atom is 0.338 e. The fourth-order valence-electron chi connectivity index (χ4n) is 2.30. The molecule has 2 aromatic rings. The molecule has 0 aromatic heterocycles. The number of benzene rings is 2. The van der Waals surface area contributed by atoms with Crippen LogP contribution >= 0.6 is 0 Å². The average Bonchev–Trinajstić information content (AvgIpc) is 3.44.